The number of nitrogens with zero attached hydrogens (tertiary/aromatic N) is 1. The van der Waals surface area contributed by atoms with Gasteiger partial charge in [-0.25, -0.2) is 8.42 Å². The molecule has 9 heteroatoms. The molecule has 0 aromatic heterocycles. The predicted octanol–water partition coefficient (Wildman–Crippen LogP) is 1.22. The van der Waals surface area contributed by atoms with Gasteiger partial charge in [-0.15, -0.1) is 0 Å². The number of sulfonamides is 1. The molecular formula is C7H13BrF3NO3S. The minimum absolute atomic E-state index is 0.126. The van der Waals surface area contributed by atoms with Crippen LogP contribution in [0.5, 0.6) is 0 Å². The van der Waals surface area contributed by atoms with Gasteiger partial charge in [0.05, 0.1) is 12.4 Å². The maximum Gasteiger partial charge on any atom is 0.402 e. The first-order valence-corrected chi connectivity index (χ1v) is 7.05. The Hall–Kier alpha value is 0.140. The normalized spacial score (nSPS) is 13.4. The fourth-order valence-electron chi connectivity index (χ4n) is 0.928. The van der Waals surface area contributed by atoms with E-state index in [9.17, 15) is 21.6 Å². The lowest BCUT2D eigenvalue weighted by Crippen LogP contribution is -2.41. The molecule has 0 radical (unpaired) electrons. The monoisotopic (exact) mass is 327 g/mol. The summed E-state index contributed by atoms with van der Waals surface area (Å²) in [6, 6.07) is 0. The Balaban J connectivity index is 4.63. The van der Waals surface area contributed by atoms with Crippen molar-refractivity contribution < 1.29 is 26.3 Å². The summed E-state index contributed by atoms with van der Waals surface area (Å²) in [5, 5.41) is 0.148. The van der Waals surface area contributed by atoms with Crippen LogP contribution in [0.3, 0.4) is 0 Å². The zero-order valence-corrected chi connectivity index (χ0v) is 11.0. The van der Waals surface area contributed by atoms with E-state index in [1.54, 1.807) is 0 Å². The quantitative estimate of drug-likeness (QED) is 0.660. The van der Waals surface area contributed by atoms with Gasteiger partial charge in [-0.2, -0.15) is 17.5 Å². The zero-order chi connectivity index (χ0) is 12.8. The van der Waals surface area contributed by atoms with Crippen LogP contribution in [0.15, 0.2) is 0 Å². The Bertz CT molecular complexity index is 294. The minimum atomic E-state index is -4.54. The Kier molecular flexibility index (Phi) is 6.83. The third-order valence-corrected chi connectivity index (χ3v) is 3.76. The minimum Gasteiger partial charge on any atom is -0.384 e. The fourth-order valence-corrected chi connectivity index (χ4v) is 2.94. The number of hydrogen-bond donors (Lipinski definition) is 0. The number of ether oxygens (including phenoxy) is 1. The smallest absolute Gasteiger partial charge is 0.384 e. The van der Waals surface area contributed by atoms with Crippen molar-refractivity contribution in [2.75, 3.05) is 37.9 Å². The van der Waals surface area contributed by atoms with Crippen LogP contribution >= 0.6 is 15.9 Å². The first-order valence-electron chi connectivity index (χ1n) is 4.32. The summed E-state index contributed by atoms with van der Waals surface area (Å²) < 4.78 is 64.3. The Morgan fingerprint density at radius 1 is 1.38 bits per heavy atom. The molecule has 0 aliphatic heterocycles. The van der Waals surface area contributed by atoms with Crippen molar-refractivity contribution in [3.63, 3.8) is 0 Å². The maximum absolute atomic E-state index is 12.1. The van der Waals surface area contributed by atoms with Gasteiger partial charge in [0.15, 0.2) is 0 Å². The van der Waals surface area contributed by atoms with Gasteiger partial charge in [-0.3, -0.25) is 0 Å². The second kappa shape index (κ2) is 6.77. The van der Waals surface area contributed by atoms with Crippen LogP contribution in [0.4, 0.5) is 13.2 Å². The van der Waals surface area contributed by atoms with Gasteiger partial charge in [-0.1, -0.05) is 15.9 Å². The van der Waals surface area contributed by atoms with E-state index in [1.165, 1.54) is 7.11 Å². The molecule has 0 heterocycles. The highest BCUT2D eigenvalue weighted by Gasteiger charge is 2.35. The highest BCUT2D eigenvalue weighted by molar-refractivity contribution is 9.09. The second-order valence-corrected chi connectivity index (χ2v) is 5.83. The van der Waals surface area contributed by atoms with E-state index in [1.807, 2.05) is 0 Å². The van der Waals surface area contributed by atoms with Gasteiger partial charge in [-0.05, 0) is 0 Å². The van der Waals surface area contributed by atoms with Gasteiger partial charge < -0.3 is 4.74 Å². The van der Waals surface area contributed by atoms with Crippen molar-refractivity contribution >= 4 is 26.0 Å². The van der Waals surface area contributed by atoms with Crippen LogP contribution in [0.2, 0.25) is 0 Å². The van der Waals surface area contributed by atoms with E-state index in [2.05, 4.69) is 20.7 Å². The molecule has 0 saturated carbocycles. The van der Waals surface area contributed by atoms with Gasteiger partial charge in [0.2, 0.25) is 10.0 Å². The van der Waals surface area contributed by atoms with Crippen molar-refractivity contribution in [3.8, 4) is 0 Å². The average molecular weight is 328 g/mol. The molecule has 16 heavy (non-hydrogen) atoms. The molecule has 98 valence electrons. The number of methoxy groups -OCH3 is 1. The third kappa shape index (κ3) is 6.66. The summed E-state index contributed by atoms with van der Waals surface area (Å²) in [5.41, 5.74) is 0. The number of rotatable bonds is 7. The summed E-state index contributed by atoms with van der Waals surface area (Å²) in [4.78, 5) is 0. The molecule has 4 nitrogen and oxygen atoms in total. The first kappa shape index (κ1) is 16.1. The maximum atomic E-state index is 12.1. The zero-order valence-electron chi connectivity index (χ0n) is 8.63. The molecule has 0 amide bonds. The Labute approximate surface area is 101 Å². The summed E-state index contributed by atoms with van der Waals surface area (Å²) >= 11 is 2.91. The van der Waals surface area contributed by atoms with Crippen LogP contribution in [0.25, 0.3) is 0 Å². The molecule has 0 N–H and O–H groups in total. The van der Waals surface area contributed by atoms with Crippen LogP contribution in [-0.4, -0.2) is 56.8 Å². The predicted molar refractivity (Wildman–Crippen MR) is 57.1 cm³/mol. The van der Waals surface area contributed by atoms with E-state index in [0.29, 0.717) is 4.31 Å². The molecule has 0 atom stereocenters. The SMILES string of the molecule is COCCS(=O)(=O)N(CCBr)CC(F)(F)F. The molecule has 0 bridgehead atoms. The fraction of sp³-hybridized carbons (Fsp3) is 1.00. The van der Waals surface area contributed by atoms with Gasteiger partial charge >= 0.3 is 6.18 Å². The van der Waals surface area contributed by atoms with Crippen molar-refractivity contribution in [1.82, 2.24) is 4.31 Å². The van der Waals surface area contributed by atoms with Gasteiger partial charge in [0, 0.05) is 19.0 Å². The Morgan fingerprint density at radius 2 is 1.94 bits per heavy atom. The van der Waals surface area contributed by atoms with E-state index in [-0.39, 0.29) is 18.5 Å². The standard InChI is InChI=1S/C7H13BrF3NO3S/c1-15-4-5-16(13,14)12(3-2-8)6-7(9,10)11/h2-6H2,1H3. The summed E-state index contributed by atoms with van der Waals surface area (Å²) in [5.74, 6) is -0.452. The van der Waals surface area contributed by atoms with Crippen molar-refractivity contribution in [2.24, 2.45) is 0 Å². The first-order chi connectivity index (χ1) is 7.23. The second-order valence-electron chi connectivity index (χ2n) is 2.95. The largest absolute Gasteiger partial charge is 0.402 e. The summed E-state index contributed by atoms with van der Waals surface area (Å²) in [6.45, 7) is -1.81. The van der Waals surface area contributed by atoms with E-state index in [0.717, 1.165) is 0 Å². The highest BCUT2D eigenvalue weighted by atomic mass is 79.9. The summed E-state index contributed by atoms with van der Waals surface area (Å²) in [6.07, 6.45) is -4.54. The van der Waals surface area contributed by atoms with Gasteiger partial charge in [0.1, 0.15) is 6.54 Å². The molecule has 0 rings (SSSR count). The van der Waals surface area contributed by atoms with Crippen LogP contribution < -0.4 is 0 Å². The third-order valence-electron chi connectivity index (χ3n) is 1.63. The average Bonchev–Trinajstić information content (AvgIpc) is 2.12. The lowest BCUT2D eigenvalue weighted by Gasteiger charge is -2.22. The molecule has 0 saturated heterocycles. The van der Waals surface area contributed by atoms with Crippen molar-refractivity contribution in [1.29, 1.82) is 0 Å². The van der Waals surface area contributed by atoms with Crippen molar-refractivity contribution in [3.05, 3.63) is 0 Å². The number of hydrogen-bond acceptors (Lipinski definition) is 3. The Morgan fingerprint density at radius 3 is 2.31 bits per heavy atom. The highest BCUT2D eigenvalue weighted by Crippen LogP contribution is 2.18. The molecule has 0 aromatic rings. The van der Waals surface area contributed by atoms with E-state index in [4.69, 9.17) is 0 Å². The number of alkyl halides is 4. The molecule has 0 spiro atoms. The van der Waals surface area contributed by atoms with Crippen molar-refractivity contribution in [2.45, 2.75) is 6.18 Å². The summed E-state index contributed by atoms with van der Waals surface area (Å²) in [7, 11) is -2.64. The topological polar surface area (TPSA) is 46.6 Å². The molecule has 0 aliphatic rings. The van der Waals surface area contributed by atoms with Gasteiger partial charge in [0.25, 0.3) is 0 Å². The lowest BCUT2D eigenvalue weighted by molar-refractivity contribution is -0.135. The molecule has 0 fully saturated rings. The number of halogens is 4. The lowest BCUT2D eigenvalue weighted by atomic mass is 10.6. The van der Waals surface area contributed by atoms with Crippen LogP contribution in [0.1, 0.15) is 0 Å². The molecule has 0 unspecified atom stereocenters. The van der Waals surface area contributed by atoms with E-state index >= 15 is 0 Å². The van der Waals surface area contributed by atoms with Crippen LogP contribution in [0, 0.1) is 0 Å². The van der Waals surface area contributed by atoms with E-state index < -0.39 is 28.5 Å². The van der Waals surface area contributed by atoms with Crippen LogP contribution in [-0.2, 0) is 14.8 Å². The molecule has 0 aromatic carbocycles. The molecule has 0 aliphatic carbocycles. The molecular weight excluding hydrogens is 315 g/mol.